The summed E-state index contributed by atoms with van der Waals surface area (Å²) in [6.45, 7) is 0.496. The number of nitrogens with zero attached hydrogens (tertiary/aromatic N) is 2. The molecule has 1 aliphatic heterocycles. The number of carbonyl (C=O) groups excluding carboxylic acids is 1. The zero-order chi connectivity index (χ0) is 14.9. The molecule has 0 spiro atoms. The smallest absolute Gasteiger partial charge is 0.262 e. The monoisotopic (exact) mass is 294 g/mol. The molecule has 0 saturated carbocycles. The topological polar surface area (TPSA) is 59.0 Å². The number of halogens is 2. The Morgan fingerprint density at radius 3 is 3.05 bits per heavy atom. The fourth-order valence-electron chi connectivity index (χ4n) is 2.51. The molecular weight excluding hydrogens is 278 g/mol. The maximum Gasteiger partial charge on any atom is 0.262 e. The van der Waals surface area contributed by atoms with E-state index in [1.807, 2.05) is 28.8 Å². The SMILES string of the molecule is O=C(NCCn1cnc2ccccc21)C1CC(F)(F)CN1. The van der Waals surface area contributed by atoms with Gasteiger partial charge in [0.2, 0.25) is 5.91 Å². The highest BCUT2D eigenvalue weighted by molar-refractivity contribution is 5.82. The second kappa shape index (κ2) is 5.40. The van der Waals surface area contributed by atoms with Crippen molar-refractivity contribution in [3.05, 3.63) is 30.6 Å². The Hall–Kier alpha value is -2.02. The van der Waals surface area contributed by atoms with E-state index in [-0.39, 0.29) is 5.91 Å². The van der Waals surface area contributed by atoms with Crippen LogP contribution in [0.2, 0.25) is 0 Å². The van der Waals surface area contributed by atoms with Gasteiger partial charge in [0.1, 0.15) is 0 Å². The molecule has 7 heteroatoms. The number of amides is 1. The first kappa shape index (κ1) is 13.9. The molecule has 5 nitrogen and oxygen atoms in total. The van der Waals surface area contributed by atoms with Crippen molar-refractivity contribution in [1.82, 2.24) is 20.2 Å². The molecule has 1 amide bonds. The molecule has 0 bridgehead atoms. The number of hydrogen-bond acceptors (Lipinski definition) is 3. The van der Waals surface area contributed by atoms with Crippen LogP contribution < -0.4 is 10.6 Å². The first-order valence-electron chi connectivity index (χ1n) is 6.84. The van der Waals surface area contributed by atoms with Crippen molar-refractivity contribution in [1.29, 1.82) is 0 Å². The third-order valence-electron chi connectivity index (χ3n) is 3.61. The number of carbonyl (C=O) groups is 1. The maximum absolute atomic E-state index is 13.0. The number of fused-ring (bicyclic) bond motifs is 1. The first-order valence-corrected chi connectivity index (χ1v) is 6.84. The van der Waals surface area contributed by atoms with E-state index in [0.717, 1.165) is 11.0 Å². The predicted octanol–water partition coefficient (Wildman–Crippen LogP) is 1.15. The highest BCUT2D eigenvalue weighted by Gasteiger charge is 2.42. The van der Waals surface area contributed by atoms with E-state index in [0.29, 0.717) is 13.1 Å². The van der Waals surface area contributed by atoms with E-state index in [2.05, 4.69) is 15.6 Å². The lowest BCUT2D eigenvalue weighted by Gasteiger charge is -2.11. The molecule has 1 aromatic heterocycles. The lowest BCUT2D eigenvalue weighted by molar-refractivity contribution is -0.123. The van der Waals surface area contributed by atoms with E-state index >= 15 is 0 Å². The van der Waals surface area contributed by atoms with E-state index < -0.39 is 24.9 Å². The van der Waals surface area contributed by atoms with Crippen LogP contribution in [0.25, 0.3) is 11.0 Å². The zero-order valence-corrected chi connectivity index (χ0v) is 11.4. The minimum Gasteiger partial charge on any atom is -0.353 e. The Kier molecular flexibility index (Phi) is 3.59. The minimum absolute atomic E-state index is 0.378. The van der Waals surface area contributed by atoms with Gasteiger partial charge in [0.15, 0.2) is 0 Å². The van der Waals surface area contributed by atoms with Gasteiger partial charge in [0, 0.05) is 19.5 Å². The van der Waals surface area contributed by atoms with Crippen molar-refractivity contribution in [2.75, 3.05) is 13.1 Å². The number of nitrogens with one attached hydrogen (secondary N) is 2. The molecule has 3 rings (SSSR count). The molecule has 2 heterocycles. The molecule has 1 fully saturated rings. The number of para-hydroxylation sites is 2. The van der Waals surface area contributed by atoms with E-state index in [9.17, 15) is 13.6 Å². The fourth-order valence-corrected chi connectivity index (χ4v) is 2.51. The van der Waals surface area contributed by atoms with Gasteiger partial charge in [-0.15, -0.1) is 0 Å². The van der Waals surface area contributed by atoms with E-state index in [1.165, 1.54) is 0 Å². The molecule has 1 saturated heterocycles. The van der Waals surface area contributed by atoms with Crippen LogP contribution in [0.5, 0.6) is 0 Å². The Morgan fingerprint density at radius 2 is 2.29 bits per heavy atom. The third kappa shape index (κ3) is 3.02. The highest BCUT2D eigenvalue weighted by atomic mass is 19.3. The Morgan fingerprint density at radius 1 is 1.48 bits per heavy atom. The summed E-state index contributed by atoms with van der Waals surface area (Å²) in [5.41, 5.74) is 1.87. The van der Waals surface area contributed by atoms with Crippen LogP contribution in [0.3, 0.4) is 0 Å². The molecule has 2 aromatic rings. The number of alkyl halides is 2. The number of rotatable bonds is 4. The van der Waals surface area contributed by atoms with Crippen molar-refractivity contribution in [3.8, 4) is 0 Å². The van der Waals surface area contributed by atoms with Crippen molar-refractivity contribution in [3.63, 3.8) is 0 Å². The second-order valence-electron chi connectivity index (χ2n) is 5.21. The number of benzene rings is 1. The van der Waals surface area contributed by atoms with Crippen molar-refractivity contribution < 1.29 is 13.6 Å². The van der Waals surface area contributed by atoms with Crippen molar-refractivity contribution in [2.45, 2.75) is 24.9 Å². The third-order valence-corrected chi connectivity index (χ3v) is 3.61. The summed E-state index contributed by atoms with van der Waals surface area (Å²) in [5.74, 6) is -3.17. The molecule has 21 heavy (non-hydrogen) atoms. The summed E-state index contributed by atoms with van der Waals surface area (Å²) in [6.07, 6.45) is 1.27. The van der Waals surface area contributed by atoms with Gasteiger partial charge in [-0.25, -0.2) is 13.8 Å². The van der Waals surface area contributed by atoms with E-state index in [1.54, 1.807) is 6.33 Å². The van der Waals surface area contributed by atoms with Crippen LogP contribution in [0.4, 0.5) is 8.78 Å². The van der Waals surface area contributed by atoms with E-state index in [4.69, 9.17) is 0 Å². The van der Waals surface area contributed by atoms with Gasteiger partial charge in [-0.1, -0.05) is 12.1 Å². The molecule has 1 aliphatic rings. The minimum atomic E-state index is -2.79. The van der Waals surface area contributed by atoms with Gasteiger partial charge in [0.05, 0.1) is 29.9 Å². The van der Waals surface area contributed by atoms with Gasteiger partial charge in [0.25, 0.3) is 5.92 Å². The van der Waals surface area contributed by atoms with Gasteiger partial charge < -0.3 is 9.88 Å². The van der Waals surface area contributed by atoms with Crippen LogP contribution in [0, 0.1) is 0 Å². The summed E-state index contributed by atoms with van der Waals surface area (Å²) >= 11 is 0. The average molecular weight is 294 g/mol. The molecule has 1 atom stereocenters. The summed E-state index contributed by atoms with van der Waals surface area (Å²) < 4.78 is 28.0. The van der Waals surface area contributed by atoms with Crippen LogP contribution in [0.1, 0.15) is 6.42 Å². The largest absolute Gasteiger partial charge is 0.353 e. The Balaban J connectivity index is 1.53. The molecule has 1 unspecified atom stereocenters. The average Bonchev–Trinajstić information content (AvgIpc) is 3.03. The van der Waals surface area contributed by atoms with Gasteiger partial charge >= 0.3 is 0 Å². The Bertz CT molecular complexity index is 655. The summed E-state index contributed by atoms with van der Waals surface area (Å²) in [4.78, 5) is 16.0. The summed E-state index contributed by atoms with van der Waals surface area (Å²) in [7, 11) is 0. The van der Waals surface area contributed by atoms with Crippen LogP contribution >= 0.6 is 0 Å². The number of imidazole rings is 1. The molecule has 1 aromatic carbocycles. The first-order chi connectivity index (χ1) is 10.1. The quantitative estimate of drug-likeness (QED) is 0.889. The normalized spacial score (nSPS) is 20.8. The fraction of sp³-hybridized carbons (Fsp3) is 0.429. The Labute approximate surface area is 120 Å². The molecule has 2 N–H and O–H groups in total. The van der Waals surface area contributed by atoms with Gasteiger partial charge in [-0.2, -0.15) is 0 Å². The van der Waals surface area contributed by atoms with Gasteiger partial charge in [-0.3, -0.25) is 10.1 Å². The van der Waals surface area contributed by atoms with Crippen molar-refractivity contribution >= 4 is 16.9 Å². The van der Waals surface area contributed by atoms with Crippen LogP contribution in [-0.2, 0) is 11.3 Å². The zero-order valence-electron chi connectivity index (χ0n) is 11.4. The van der Waals surface area contributed by atoms with Crippen LogP contribution in [0.15, 0.2) is 30.6 Å². The number of hydrogen-bond donors (Lipinski definition) is 2. The highest BCUT2D eigenvalue weighted by Crippen LogP contribution is 2.24. The summed E-state index contributed by atoms with van der Waals surface area (Å²) in [5, 5.41) is 5.22. The lowest BCUT2D eigenvalue weighted by Crippen LogP contribution is -2.41. The predicted molar refractivity (Wildman–Crippen MR) is 74.1 cm³/mol. The molecule has 0 aliphatic carbocycles. The lowest BCUT2D eigenvalue weighted by atomic mass is 10.2. The summed E-state index contributed by atoms with van der Waals surface area (Å²) in [6, 6.07) is 6.88. The van der Waals surface area contributed by atoms with Crippen molar-refractivity contribution in [2.24, 2.45) is 0 Å². The maximum atomic E-state index is 13.0. The molecule has 112 valence electrons. The van der Waals surface area contributed by atoms with Gasteiger partial charge in [-0.05, 0) is 12.1 Å². The molecule has 0 radical (unpaired) electrons. The van der Waals surface area contributed by atoms with Crippen LogP contribution in [-0.4, -0.2) is 40.5 Å². The standard InChI is InChI=1S/C14H16F2N4O/c15-14(16)7-11(18-8-14)13(21)17-5-6-20-9-19-10-3-1-2-4-12(10)20/h1-4,9,11,18H,5-8H2,(H,17,21). The number of aromatic nitrogens is 2. The second-order valence-corrected chi connectivity index (χ2v) is 5.21. The molecular formula is C14H16F2N4O.